The van der Waals surface area contributed by atoms with Crippen LogP contribution in [0.25, 0.3) is 6.08 Å². The number of allylic oxidation sites excluding steroid dienone is 1. The van der Waals surface area contributed by atoms with E-state index in [1.165, 1.54) is 11.6 Å². The van der Waals surface area contributed by atoms with Gasteiger partial charge in [0, 0.05) is 11.3 Å². The summed E-state index contributed by atoms with van der Waals surface area (Å²) in [6.07, 6.45) is 4.10. The molecule has 0 aliphatic heterocycles. The molecule has 2 rings (SSSR count). The van der Waals surface area contributed by atoms with Gasteiger partial charge in [0.2, 0.25) is 0 Å². The minimum atomic E-state index is 0.752. The molecule has 2 aromatic rings. The summed E-state index contributed by atoms with van der Waals surface area (Å²) >= 11 is 0. The Bertz CT molecular complexity index is 568. The van der Waals surface area contributed by atoms with Gasteiger partial charge in [-0.25, -0.2) is 0 Å². The summed E-state index contributed by atoms with van der Waals surface area (Å²) in [7, 11) is 0. The Morgan fingerprint density at radius 3 is 2.61 bits per heavy atom. The number of rotatable bonds is 4. The quantitative estimate of drug-likeness (QED) is 0.608. The van der Waals surface area contributed by atoms with E-state index in [1.807, 2.05) is 42.8 Å². The molecule has 1 aromatic carbocycles. The van der Waals surface area contributed by atoms with E-state index in [9.17, 15) is 4.79 Å². The van der Waals surface area contributed by atoms with Gasteiger partial charge >= 0.3 is 0 Å². The molecule has 0 aliphatic rings. The molecule has 1 aromatic heterocycles. The van der Waals surface area contributed by atoms with Gasteiger partial charge in [0.05, 0.1) is 12.2 Å². The number of aldehydes is 1. The van der Waals surface area contributed by atoms with E-state index in [-0.39, 0.29) is 0 Å². The van der Waals surface area contributed by atoms with E-state index in [0.717, 1.165) is 29.8 Å². The highest BCUT2D eigenvalue weighted by molar-refractivity contribution is 5.74. The minimum Gasteiger partial charge on any atom is -0.299 e. The predicted molar refractivity (Wildman–Crippen MR) is 72.3 cm³/mol. The highest BCUT2D eigenvalue weighted by atomic mass is 16.1. The topological polar surface area (TPSA) is 34.9 Å². The van der Waals surface area contributed by atoms with Crippen LogP contribution in [0.5, 0.6) is 0 Å². The number of aryl methyl sites for hydroxylation is 1. The zero-order valence-corrected chi connectivity index (χ0v) is 10.6. The third-order valence-corrected chi connectivity index (χ3v) is 2.95. The summed E-state index contributed by atoms with van der Waals surface area (Å²) in [5.74, 6) is 0. The Morgan fingerprint density at radius 2 is 1.94 bits per heavy atom. The highest BCUT2D eigenvalue weighted by Gasteiger charge is 2.08. The van der Waals surface area contributed by atoms with Crippen LogP contribution in [-0.2, 0) is 11.3 Å². The molecule has 0 aliphatic carbocycles. The Hall–Kier alpha value is -2.16. The van der Waals surface area contributed by atoms with E-state index >= 15 is 0 Å². The van der Waals surface area contributed by atoms with Crippen LogP contribution in [0.15, 0.2) is 36.4 Å². The minimum absolute atomic E-state index is 0.752. The Labute approximate surface area is 107 Å². The lowest BCUT2D eigenvalue weighted by molar-refractivity contribution is -0.104. The van der Waals surface area contributed by atoms with Crippen molar-refractivity contribution in [2.24, 2.45) is 0 Å². The second-order valence-electron chi connectivity index (χ2n) is 4.22. The second kappa shape index (κ2) is 5.45. The molecule has 0 saturated carbocycles. The number of carbonyl (C=O) groups excluding carboxylic acids is 1. The van der Waals surface area contributed by atoms with Crippen molar-refractivity contribution < 1.29 is 4.79 Å². The van der Waals surface area contributed by atoms with Gasteiger partial charge in [-0.15, -0.1) is 0 Å². The van der Waals surface area contributed by atoms with Crippen molar-refractivity contribution >= 4 is 12.4 Å². The molecular formula is C15H16N2O. The first kappa shape index (κ1) is 12.3. The summed E-state index contributed by atoms with van der Waals surface area (Å²) < 4.78 is 1.97. The average Bonchev–Trinajstić information content (AvgIpc) is 2.64. The number of aromatic nitrogens is 2. The van der Waals surface area contributed by atoms with Crippen LogP contribution in [-0.4, -0.2) is 16.1 Å². The molecule has 0 N–H and O–H groups in total. The molecule has 0 bridgehead atoms. The molecule has 0 radical (unpaired) electrons. The monoisotopic (exact) mass is 240 g/mol. The van der Waals surface area contributed by atoms with Crippen LogP contribution >= 0.6 is 0 Å². The molecule has 0 fully saturated rings. The predicted octanol–water partition coefficient (Wildman–Crippen LogP) is 2.76. The lowest BCUT2D eigenvalue weighted by atomic mass is 10.2. The van der Waals surface area contributed by atoms with Crippen LogP contribution in [0.1, 0.15) is 22.5 Å². The van der Waals surface area contributed by atoms with Gasteiger partial charge in [0.1, 0.15) is 6.29 Å². The van der Waals surface area contributed by atoms with Gasteiger partial charge in [-0.05, 0) is 31.6 Å². The first-order valence-corrected chi connectivity index (χ1v) is 5.92. The van der Waals surface area contributed by atoms with Gasteiger partial charge in [-0.3, -0.25) is 9.48 Å². The largest absolute Gasteiger partial charge is 0.299 e. The molecule has 0 amide bonds. The van der Waals surface area contributed by atoms with Crippen molar-refractivity contribution in [2.45, 2.75) is 20.4 Å². The molecule has 0 spiro atoms. The molecule has 3 nitrogen and oxygen atoms in total. The standard InChI is InChI=1S/C15H16N2O/c1-12-15(9-6-10-18)13(2)17(16-12)11-14-7-4-3-5-8-14/h3-10H,11H2,1-2H3/b9-6+. The highest BCUT2D eigenvalue weighted by Crippen LogP contribution is 2.16. The summed E-state index contributed by atoms with van der Waals surface area (Å²) in [6, 6.07) is 10.2. The number of hydrogen-bond donors (Lipinski definition) is 0. The summed E-state index contributed by atoms with van der Waals surface area (Å²) in [5, 5.41) is 4.51. The van der Waals surface area contributed by atoms with Crippen molar-refractivity contribution in [2.75, 3.05) is 0 Å². The van der Waals surface area contributed by atoms with E-state index in [0.29, 0.717) is 0 Å². The number of nitrogens with zero attached hydrogens (tertiary/aromatic N) is 2. The maximum atomic E-state index is 10.4. The van der Waals surface area contributed by atoms with Gasteiger partial charge < -0.3 is 0 Å². The fourth-order valence-corrected chi connectivity index (χ4v) is 2.00. The van der Waals surface area contributed by atoms with E-state index in [1.54, 1.807) is 0 Å². The van der Waals surface area contributed by atoms with Gasteiger partial charge in [-0.1, -0.05) is 30.3 Å². The van der Waals surface area contributed by atoms with Crippen molar-refractivity contribution in [1.82, 2.24) is 9.78 Å². The molecule has 92 valence electrons. The normalized spacial score (nSPS) is 11.0. The van der Waals surface area contributed by atoms with Crippen LogP contribution in [0.3, 0.4) is 0 Å². The molecule has 0 atom stereocenters. The zero-order chi connectivity index (χ0) is 13.0. The van der Waals surface area contributed by atoms with Crippen molar-refractivity contribution in [3.05, 3.63) is 58.9 Å². The SMILES string of the molecule is Cc1nn(Cc2ccccc2)c(C)c1/C=C/C=O. The Kier molecular flexibility index (Phi) is 3.72. The van der Waals surface area contributed by atoms with Crippen molar-refractivity contribution in [1.29, 1.82) is 0 Å². The Morgan fingerprint density at radius 1 is 1.22 bits per heavy atom. The summed E-state index contributed by atoms with van der Waals surface area (Å²) in [5.41, 5.74) is 4.27. The lowest BCUT2D eigenvalue weighted by Crippen LogP contribution is -2.03. The first-order valence-electron chi connectivity index (χ1n) is 5.92. The molecule has 0 saturated heterocycles. The number of hydrogen-bond acceptors (Lipinski definition) is 2. The Balaban J connectivity index is 2.30. The fourth-order valence-electron chi connectivity index (χ4n) is 2.00. The lowest BCUT2D eigenvalue weighted by Gasteiger charge is -2.04. The molecular weight excluding hydrogens is 224 g/mol. The summed E-state index contributed by atoms with van der Waals surface area (Å²) in [6.45, 7) is 4.73. The van der Waals surface area contributed by atoms with Gasteiger partial charge in [0.15, 0.2) is 0 Å². The van der Waals surface area contributed by atoms with Gasteiger partial charge in [-0.2, -0.15) is 5.10 Å². The van der Waals surface area contributed by atoms with Crippen LogP contribution in [0.4, 0.5) is 0 Å². The van der Waals surface area contributed by atoms with Crippen LogP contribution < -0.4 is 0 Å². The average molecular weight is 240 g/mol. The molecule has 18 heavy (non-hydrogen) atoms. The summed E-state index contributed by atoms with van der Waals surface area (Å²) in [4.78, 5) is 10.4. The maximum absolute atomic E-state index is 10.4. The third kappa shape index (κ3) is 2.56. The number of benzene rings is 1. The molecule has 0 unspecified atom stereocenters. The maximum Gasteiger partial charge on any atom is 0.142 e. The number of carbonyl (C=O) groups is 1. The van der Waals surface area contributed by atoms with Crippen molar-refractivity contribution in [3.63, 3.8) is 0 Å². The smallest absolute Gasteiger partial charge is 0.142 e. The molecule has 1 heterocycles. The van der Waals surface area contributed by atoms with E-state index in [4.69, 9.17) is 0 Å². The third-order valence-electron chi connectivity index (χ3n) is 2.95. The van der Waals surface area contributed by atoms with Gasteiger partial charge in [0.25, 0.3) is 0 Å². The van der Waals surface area contributed by atoms with Crippen LogP contribution in [0, 0.1) is 13.8 Å². The van der Waals surface area contributed by atoms with E-state index in [2.05, 4.69) is 17.2 Å². The first-order chi connectivity index (χ1) is 8.72. The van der Waals surface area contributed by atoms with Crippen LogP contribution in [0.2, 0.25) is 0 Å². The fraction of sp³-hybridized carbons (Fsp3) is 0.200. The zero-order valence-electron chi connectivity index (χ0n) is 10.6. The second-order valence-corrected chi connectivity index (χ2v) is 4.22. The molecule has 3 heteroatoms. The van der Waals surface area contributed by atoms with Crippen molar-refractivity contribution in [3.8, 4) is 0 Å². The van der Waals surface area contributed by atoms with E-state index < -0.39 is 0 Å².